The molecule has 1 aliphatic carbocycles. The third-order valence-electron chi connectivity index (χ3n) is 1.94. The molecule has 2 heteroatoms. The Balaban J connectivity index is 2.31. The summed E-state index contributed by atoms with van der Waals surface area (Å²) in [6.07, 6.45) is 5.01. The van der Waals surface area contributed by atoms with Gasteiger partial charge in [0.25, 0.3) is 0 Å². The molecule has 0 spiro atoms. The molecule has 0 aromatic carbocycles. The molecule has 1 fully saturated rings. The Hall–Kier alpha value is -0.530. The average Bonchev–Trinajstić information content (AvgIpc) is 1.90. The van der Waals surface area contributed by atoms with E-state index in [4.69, 9.17) is 0 Å². The topological polar surface area (TPSA) is 37.0 Å². The third kappa shape index (κ3) is 1.70. The highest BCUT2D eigenvalue weighted by atomic mass is 16.1. The molecule has 2 nitrogen and oxygen atoms in total. The first-order valence-corrected chi connectivity index (χ1v) is 3.51. The lowest BCUT2D eigenvalue weighted by atomic mass is 5.83. The van der Waals surface area contributed by atoms with Crippen LogP contribution >= 0.6 is 0 Å². The van der Waals surface area contributed by atoms with E-state index in [1.54, 1.807) is 0 Å². The van der Waals surface area contributed by atoms with Gasteiger partial charge in [-0.3, -0.25) is 0 Å². The lowest BCUT2D eigenvalue weighted by Gasteiger charge is -2.15. The van der Waals surface area contributed by atoms with Gasteiger partial charge in [-0.1, -0.05) is 19.3 Å². The number of carbonyl (C=O) groups is 1. The second-order valence-electron chi connectivity index (χ2n) is 2.65. The average molecular weight is 117 g/mol. The second-order valence-corrected chi connectivity index (χ2v) is 2.65. The monoisotopic (exact) mass is 117 g/mol. The zero-order chi connectivity index (χ0) is 6.69. The van der Waals surface area contributed by atoms with Crippen molar-refractivity contribution in [2.75, 3.05) is 0 Å². The highest BCUT2D eigenvalue weighted by molar-refractivity contribution is 5.69. The number of hydrogen-bond donors (Lipinski definition) is 0. The molecule has 9 heavy (non-hydrogen) atoms. The van der Waals surface area contributed by atoms with Crippen LogP contribution in [0.3, 0.4) is 0 Å². The second kappa shape index (κ2) is 2.85. The van der Waals surface area contributed by atoms with E-state index in [1.165, 1.54) is 6.42 Å². The molecule has 51 valence electrons. The SMILES string of the molecule is O=C([6O])C1CCCCC1. The first kappa shape index (κ1) is 6.59. The summed E-state index contributed by atoms with van der Waals surface area (Å²) in [5, 5.41) is 10.2. The minimum absolute atomic E-state index is 0.140. The predicted molar refractivity (Wildman–Crippen MR) is 32.3 cm³/mol. The molecule has 0 unspecified atom stereocenters. The van der Waals surface area contributed by atoms with E-state index in [2.05, 4.69) is 0 Å². The van der Waals surface area contributed by atoms with Crippen molar-refractivity contribution in [1.82, 2.24) is 0 Å². The van der Waals surface area contributed by atoms with Gasteiger partial charge in [0.05, 0.1) is 5.92 Å². The van der Waals surface area contributed by atoms with Crippen LogP contribution in [-0.2, 0) is 9.90 Å². The van der Waals surface area contributed by atoms with E-state index < -0.39 is 5.97 Å². The van der Waals surface area contributed by atoms with Crippen molar-refractivity contribution in [3.05, 3.63) is 0 Å². The maximum Gasteiger partial charge on any atom is 0.358 e. The molecule has 0 atom stereocenters. The molecular formula is C7H11O2. The first-order valence-electron chi connectivity index (χ1n) is 3.51. The van der Waals surface area contributed by atoms with Crippen molar-refractivity contribution in [1.29, 1.82) is 0 Å². The minimum Gasteiger partial charge on any atom is -0.247 e. The van der Waals surface area contributed by atoms with Crippen LogP contribution < -0.4 is 0 Å². The molecule has 0 bridgehead atoms. The van der Waals surface area contributed by atoms with Gasteiger partial charge in [0.2, 0.25) is 0 Å². The van der Waals surface area contributed by atoms with Crippen LogP contribution in [0, 0.1) is 5.92 Å². The highest BCUT2D eigenvalue weighted by Crippen LogP contribution is 2.23. The fourth-order valence-electron chi connectivity index (χ4n) is 1.34. The van der Waals surface area contributed by atoms with Gasteiger partial charge >= 0.3 is 5.97 Å². The number of carbonyl (C=O) groups excluding carboxylic acids is 1. The Kier molecular flexibility index (Phi) is 2.09. The van der Waals surface area contributed by atoms with E-state index in [0.717, 1.165) is 25.7 Å². The van der Waals surface area contributed by atoms with Crippen LogP contribution in [0.1, 0.15) is 32.1 Å². The first-order chi connectivity index (χ1) is 4.30. The van der Waals surface area contributed by atoms with E-state index in [9.17, 15) is 9.90 Å². The van der Waals surface area contributed by atoms with E-state index in [0.29, 0.717) is 0 Å². The summed E-state index contributed by atoms with van der Waals surface area (Å²) in [4.78, 5) is 10.2. The lowest BCUT2D eigenvalue weighted by Crippen LogP contribution is -2.15. The molecule has 1 radical (unpaired) electrons. The largest absolute Gasteiger partial charge is 0.358 e. The molecule has 0 amide bonds. The predicted octanol–water partition coefficient (Wildman–Crippen LogP) is 1.52. The van der Waals surface area contributed by atoms with Crippen molar-refractivity contribution < 1.29 is 9.90 Å². The summed E-state index contributed by atoms with van der Waals surface area (Å²) in [5.41, 5.74) is 0. The highest BCUT2D eigenvalue weighted by Gasteiger charge is 2.21. The molecule has 1 saturated carbocycles. The van der Waals surface area contributed by atoms with Gasteiger partial charge in [0.15, 0.2) is 0 Å². The van der Waals surface area contributed by atoms with Crippen molar-refractivity contribution in [2.24, 2.45) is 5.92 Å². The molecule has 0 saturated heterocycles. The summed E-state index contributed by atoms with van der Waals surface area (Å²) in [6.45, 7) is 0. The van der Waals surface area contributed by atoms with Crippen LogP contribution in [0.5, 0.6) is 0 Å². The lowest BCUT2D eigenvalue weighted by molar-refractivity contribution is -0.149. The van der Waals surface area contributed by atoms with Crippen molar-refractivity contribution in [2.45, 2.75) is 32.1 Å². The molecule has 0 N–H and O–H groups in total. The van der Waals surface area contributed by atoms with E-state index in [1.807, 2.05) is 0 Å². The van der Waals surface area contributed by atoms with Crippen molar-refractivity contribution in [3.8, 4) is 0 Å². The quantitative estimate of drug-likeness (QED) is 0.513. The fraction of sp³-hybridized carbons (Fsp3) is 0.857. The Morgan fingerprint density at radius 2 is 1.78 bits per heavy atom. The van der Waals surface area contributed by atoms with Gasteiger partial charge < -0.3 is 0 Å². The third-order valence-corrected chi connectivity index (χ3v) is 1.94. The van der Waals surface area contributed by atoms with Crippen molar-refractivity contribution >= 4 is 5.97 Å². The molecule has 0 aromatic rings. The number of rotatable bonds is 1. The zero-order valence-electron chi connectivity index (χ0n) is 5.43. The Bertz CT molecular complexity index is 103. The van der Waals surface area contributed by atoms with Gasteiger partial charge in [-0.05, 0) is 12.8 Å². The Labute approximate surface area is 54.9 Å². The molecule has 0 aromatic heterocycles. The molecule has 1 rings (SSSR count). The van der Waals surface area contributed by atoms with Gasteiger partial charge in [-0.2, -0.15) is 0 Å². The summed E-state index contributed by atoms with van der Waals surface area (Å²) in [6, 6.07) is 0. The van der Waals surface area contributed by atoms with Gasteiger partial charge in [-0.15, -0.1) is 0 Å². The molecule has 0 aliphatic heterocycles. The summed E-state index contributed by atoms with van der Waals surface area (Å²) in [5.74, 6) is -0.992. The van der Waals surface area contributed by atoms with Crippen molar-refractivity contribution in [3.63, 3.8) is 0 Å². The summed E-state index contributed by atoms with van der Waals surface area (Å²) in [7, 11) is 0. The van der Waals surface area contributed by atoms with Crippen LogP contribution in [0.2, 0.25) is 0 Å². The molecular weight excluding hydrogens is 106 g/mol. The minimum atomic E-state index is -0.852. The van der Waals surface area contributed by atoms with E-state index in [-0.39, 0.29) is 5.92 Å². The van der Waals surface area contributed by atoms with Gasteiger partial charge in [0, 0.05) is 0 Å². The zero-order valence-corrected chi connectivity index (χ0v) is 5.43. The van der Waals surface area contributed by atoms with E-state index >= 15 is 0 Å². The Morgan fingerprint density at radius 1 is 1.22 bits per heavy atom. The molecule has 0 heterocycles. The maximum atomic E-state index is 10.2. The molecule has 1 aliphatic rings. The normalized spacial score (nSPS) is 21.8. The summed E-state index contributed by atoms with van der Waals surface area (Å²) >= 11 is 0. The van der Waals surface area contributed by atoms with Gasteiger partial charge in [0.1, 0.15) is 0 Å². The maximum absolute atomic E-state index is 10.2. The smallest absolute Gasteiger partial charge is 0.247 e. The summed E-state index contributed by atoms with van der Waals surface area (Å²) < 4.78 is 0. The van der Waals surface area contributed by atoms with Crippen LogP contribution in [0.15, 0.2) is 0 Å². The van der Waals surface area contributed by atoms with Crippen LogP contribution in [0.25, 0.3) is 0 Å². The Morgan fingerprint density at radius 3 is 2.11 bits per heavy atom. The van der Waals surface area contributed by atoms with Crippen LogP contribution in [-0.4, -0.2) is 5.97 Å². The standard InChI is InChI=1S/C7H11O2/c8-7(9)6-4-2-1-3-5-6/h6H,1-5H2/i8-10. The fourth-order valence-corrected chi connectivity index (χ4v) is 1.34. The number of hydrogen-bond acceptors (Lipinski definition) is 1. The van der Waals surface area contributed by atoms with Gasteiger partial charge in [-0.25, -0.2) is 9.90 Å². The van der Waals surface area contributed by atoms with Crippen LogP contribution in [0.4, 0.5) is 0 Å².